The predicted molar refractivity (Wildman–Crippen MR) is 106 cm³/mol. The molecule has 4 nitrogen and oxygen atoms in total. The Bertz CT molecular complexity index is 1070. The number of hydrogen-bond acceptors (Lipinski definition) is 5. The molecule has 130 valence electrons. The summed E-state index contributed by atoms with van der Waals surface area (Å²) in [5.74, 6) is 1.22. The molecule has 0 radical (unpaired) electrons. The molecule has 2 aromatic heterocycles. The Balaban J connectivity index is 1.56. The first kappa shape index (κ1) is 17.1. The molecule has 4 aromatic rings. The number of benzene rings is 2. The van der Waals surface area contributed by atoms with Crippen LogP contribution in [0.15, 0.2) is 58.3 Å². The van der Waals surface area contributed by atoms with Gasteiger partial charge in [0.05, 0.1) is 5.52 Å². The second kappa shape index (κ2) is 7.09. The Morgan fingerprint density at radius 2 is 1.85 bits per heavy atom. The number of rotatable bonds is 4. The highest BCUT2D eigenvalue weighted by Crippen LogP contribution is 2.31. The molecule has 26 heavy (non-hydrogen) atoms. The summed E-state index contributed by atoms with van der Waals surface area (Å²) in [6.07, 6.45) is 1.78. The van der Waals surface area contributed by atoms with Crippen LogP contribution in [-0.4, -0.2) is 15.2 Å². The second-order valence-electron chi connectivity index (χ2n) is 6.14. The van der Waals surface area contributed by atoms with Gasteiger partial charge in [0.15, 0.2) is 0 Å². The van der Waals surface area contributed by atoms with Gasteiger partial charge in [-0.25, -0.2) is 0 Å². The molecule has 0 amide bonds. The molecule has 0 fully saturated rings. The maximum Gasteiger partial charge on any atom is 0.277 e. The summed E-state index contributed by atoms with van der Waals surface area (Å²) in [6, 6.07) is 14.0. The lowest BCUT2D eigenvalue weighted by atomic mass is 10.1. The van der Waals surface area contributed by atoms with E-state index in [9.17, 15) is 0 Å². The molecule has 0 spiro atoms. The number of thioether (sulfide) groups is 1. The van der Waals surface area contributed by atoms with Crippen molar-refractivity contribution in [2.75, 3.05) is 0 Å². The summed E-state index contributed by atoms with van der Waals surface area (Å²) >= 11 is 7.75. The Hall–Kier alpha value is -2.37. The second-order valence-corrected chi connectivity index (χ2v) is 7.48. The van der Waals surface area contributed by atoms with Crippen LogP contribution < -0.4 is 0 Å². The Kier molecular flexibility index (Phi) is 4.66. The molecule has 0 saturated heterocycles. The summed E-state index contributed by atoms with van der Waals surface area (Å²) in [7, 11) is 0. The van der Waals surface area contributed by atoms with E-state index in [1.165, 1.54) is 22.9 Å². The zero-order chi connectivity index (χ0) is 18.1. The predicted octanol–water partition coefficient (Wildman–Crippen LogP) is 5.85. The van der Waals surface area contributed by atoms with Gasteiger partial charge in [0.25, 0.3) is 5.22 Å². The quantitative estimate of drug-likeness (QED) is 0.415. The Labute approximate surface area is 160 Å². The molecule has 0 aliphatic rings. The van der Waals surface area contributed by atoms with Crippen LogP contribution in [0.4, 0.5) is 0 Å². The van der Waals surface area contributed by atoms with Crippen molar-refractivity contribution in [1.29, 1.82) is 0 Å². The minimum Gasteiger partial charge on any atom is -0.411 e. The molecule has 0 bridgehead atoms. The SMILES string of the molecule is Cc1cc(C)cc(-c2nnc(SCc3ccc(Cl)c4cccnc34)o2)c1. The van der Waals surface area contributed by atoms with Gasteiger partial charge >= 0.3 is 0 Å². The molecule has 2 heterocycles. The van der Waals surface area contributed by atoms with E-state index in [0.717, 1.165) is 22.0 Å². The van der Waals surface area contributed by atoms with E-state index in [1.807, 2.05) is 36.4 Å². The van der Waals surface area contributed by atoms with Gasteiger partial charge in [-0.1, -0.05) is 46.6 Å². The highest BCUT2D eigenvalue weighted by molar-refractivity contribution is 7.98. The summed E-state index contributed by atoms with van der Waals surface area (Å²) < 4.78 is 5.83. The number of fused-ring (bicyclic) bond motifs is 1. The number of aromatic nitrogens is 3. The number of pyridine rings is 1. The molecular weight excluding hydrogens is 366 g/mol. The van der Waals surface area contributed by atoms with Gasteiger partial charge in [0, 0.05) is 27.9 Å². The summed E-state index contributed by atoms with van der Waals surface area (Å²) in [4.78, 5) is 4.46. The average molecular weight is 382 g/mol. The highest BCUT2D eigenvalue weighted by Gasteiger charge is 2.12. The standard InChI is InChI=1S/C20H16ClN3OS/c1-12-8-13(2)10-15(9-12)19-23-24-20(25-19)26-11-14-5-6-17(21)16-4-3-7-22-18(14)16/h3-10H,11H2,1-2H3. The number of nitrogens with zero attached hydrogens (tertiary/aromatic N) is 3. The van der Waals surface area contributed by atoms with Crippen molar-refractivity contribution < 1.29 is 4.42 Å². The van der Waals surface area contributed by atoms with Crippen LogP contribution >= 0.6 is 23.4 Å². The molecule has 0 aliphatic carbocycles. The largest absolute Gasteiger partial charge is 0.411 e. The zero-order valence-corrected chi connectivity index (χ0v) is 15.9. The summed E-state index contributed by atoms with van der Waals surface area (Å²) in [6.45, 7) is 4.11. The highest BCUT2D eigenvalue weighted by atomic mass is 35.5. The smallest absolute Gasteiger partial charge is 0.277 e. The topological polar surface area (TPSA) is 51.8 Å². The van der Waals surface area contributed by atoms with Crippen LogP contribution in [0.1, 0.15) is 16.7 Å². The third kappa shape index (κ3) is 3.45. The van der Waals surface area contributed by atoms with E-state index in [2.05, 4.69) is 35.1 Å². The fourth-order valence-electron chi connectivity index (χ4n) is 2.94. The van der Waals surface area contributed by atoms with E-state index >= 15 is 0 Å². The summed E-state index contributed by atoms with van der Waals surface area (Å²) in [5.41, 5.74) is 5.28. The van der Waals surface area contributed by atoms with Crippen molar-refractivity contribution in [2.45, 2.75) is 24.8 Å². The molecule has 0 N–H and O–H groups in total. The molecule has 0 saturated carbocycles. The number of halogens is 1. The van der Waals surface area contributed by atoms with Crippen LogP contribution in [0, 0.1) is 13.8 Å². The van der Waals surface area contributed by atoms with Crippen LogP contribution in [0.2, 0.25) is 5.02 Å². The van der Waals surface area contributed by atoms with Crippen molar-refractivity contribution in [1.82, 2.24) is 15.2 Å². The molecular formula is C20H16ClN3OS. The maximum absolute atomic E-state index is 6.26. The van der Waals surface area contributed by atoms with E-state index < -0.39 is 0 Å². The van der Waals surface area contributed by atoms with Crippen molar-refractivity contribution in [2.24, 2.45) is 0 Å². The third-order valence-electron chi connectivity index (χ3n) is 4.03. The number of aryl methyl sites for hydroxylation is 2. The fourth-order valence-corrected chi connectivity index (χ4v) is 3.90. The van der Waals surface area contributed by atoms with E-state index in [1.54, 1.807) is 6.20 Å². The Morgan fingerprint density at radius 1 is 1.04 bits per heavy atom. The van der Waals surface area contributed by atoms with Gasteiger partial charge < -0.3 is 4.42 Å². The van der Waals surface area contributed by atoms with Gasteiger partial charge in [0.1, 0.15) is 0 Å². The first-order chi connectivity index (χ1) is 12.6. The first-order valence-electron chi connectivity index (χ1n) is 8.17. The van der Waals surface area contributed by atoms with Crippen molar-refractivity contribution in [3.8, 4) is 11.5 Å². The minimum atomic E-state index is 0.540. The van der Waals surface area contributed by atoms with Crippen LogP contribution in [0.3, 0.4) is 0 Å². The molecule has 6 heteroatoms. The van der Waals surface area contributed by atoms with Crippen LogP contribution in [0.25, 0.3) is 22.4 Å². The normalized spacial score (nSPS) is 11.2. The van der Waals surface area contributed by atoms with Gasteiger partial charge in [-0.05, 0) is 49.7 Å². The molecule has 0 aliphatic heterocycles. The lowest BCUT2D eigenvalue weighted by molar-refractivity contribution is 0.466. The molecule has 4 rings (SSSR count). The van der Waals surface area contributed by atoms with Gasteiger partial charge in [-0.2, -0.15) is 0 Å². The van der Waals surface area contributed by atoms with Crippen LogP contribution in [-0.2, 0) is 5.75 Å². The van der Waals surface area contributed by atoms with E-state index in [0.29, 0.717) is 21.9 Å². The maximum atomic E-state index is 6.26. The fraction of sp³-hybridized carbons (Fsp3) is 0.150. The van der Waals surface area contributed by atoms with Crippen molar-refractivity contribution in [3.63, 3.8) is 0 Å². The minimum absolute atomic E-state index is 0.540. The van der Waals surface area contributed by atoms with Gasteiger partial charge in [-0.15, -0.1) is 10.2 Å². The monoisotopic (exact) mass is 381 g/mol. The lowest BCUT2D eigenvalue weighted by Crippen LogP contribution is -1.88. The van der Waals surface area contributed by atoms with E-state index in [4.69, 9.17) is 16.0 Å². The number of hydrogen-bond donors (Lipinski definition) is 0. The Morgan fingerprint density at radius 3 is 2.65 bits per heavy atom. The van der Waals surface area contributed by atoms with Crippen molar-refractivity contribution >= 4 is 34.3 Å². The van der Waals surface area contributed by atoms with Crippen molar-refractivity contribution in [3.05, 3.63) is 70.4 Å². The molecule has 0 unspecified atom stereocenters. The van der Waals surface area contributed by atoms with Gasteiger partial charge in [0.2, 0.25) is 5.89 Å². The van der Waals surface area contributed by atoms with Crippen LogP contribution in [0.5, 0.6) is 0 Å². The zero-order valence-electron chi connectivity index (χ0n) is 14.4. The lowest BCUT2D eigenvalue weighted by Gasteiger charge is -2.05. The first-order valence-corrected chi connectivity index (χ1v) is 9.53. The van der Waals surface area contributed by atoms with E-state index in [-0.39, 0.29) is 0 Å². The summed E-state index contributed by atoms with van der Waals surface area (Å²) in [5, 5.41) is 10.5. The average Bonchev–Trinajstić information content (AvgIpc) is 3.10. The third-order valence-corrected chi connectivity index (χ3v) is 5.22. The van der Waals surface area contributed by atoms with Gasteiger partial charge in [-0.3, -0.25) is 4.98 Å². The molecule has 0 atom stereocenters. The molecule has 2 aromatic carbocycles.